The Bertz CT molecular complexity index is 685. The molecule has 0 radical (unpaired) electrons. The fourth-order valence-corrected chi connectivity index (χ4v) is 2.55. The molecule has 0 aromatic heterocycles. The van der Waals surface area contributed by atoms with Gasteiger partial charge in [0, 0.05) is 19.5 Å². The smallest absolute Gasteiger partial charge is 0.325 e. The van der Waals surface area contributed by atoms with Crippen molar-refractivity contribution in [2.45, 2.75) is 25.9 Å². The van der Waals surface area contributed by atoms with Crippen molar-refractivity contribution in [3.8, 4) is 5.75 Å². The number of methoxy groups -OCH3 is 1. The molecule has 1 aromatic rings. The molecule has 1 saturated heterocycles. The van der Waals surface area contributed by atoms with E-state index < -0.39 is 35.5 Å². The van der Waals surface area contributed by atoms with Crippen LogP contribution in [0, 0.1) is 5.92 Å². The molecular weight excluding hydrogens is 328 g/mol. The SMILES string of the molecule is COc1ccc(CN2CCC(=O)C(C(=O)N[C@@H](C)C(=O)O)C2=O)cc1. The summed E-state index contributed by atoms with van der Waals surface area (Å²) in [5, 5.41) is 11.0. The number of benzene rings is 1. The van der Waals surface area contributed by atoms with Gasteiger partial charge in [-0.05, 0) is 24.6 Å². The fraction of sp³-hybridized carbons (Fsp3) is 0.412. The minimum Gasteiger partial charge on any atom is -0.497 e. The Morgan fingerprint density at radius 1 is 1.32 bits per heavy atom. The summed E-state index contributed by atoms with van der Waals surface area (Å²) in [6.45, 7) is 1.75. The molecule has 2 amide bonds. The highest BCUT2D eigenvalue weighted by atomic mass is 16.5. The van der Waals surface area contributed by atoms with Crippen LogP contribution in [0.4, 0.5) is 0 Å². The summed E-state index contributed by atoms with van der Waals surface area (Å²) in [6.07, 6.45) is 0.0570. The standard InChI is InChI=1S/C17H20N2O6/c1-10(17(23)24)18-15(21)14-13(20)7-8-19(16(14)22)9-11-3-5-12(25-2)6-4-11/h3-6,10,14H,7-9H2,1-2H3,(H,18,21)(H,23,24)/t10-,14?/m0/s1. The first-order valence-electron chi connectivity index (χ1n) is 7.81. The Labute approximate surface area is 144 Å². The fourth-order valence-electron chi connectivity index (χ4n) is 2.55. The molecule has 2 atom stereocenters. The number of Topliss-reactive ketones (excluding diaryl/α,β-unsaturated/α-hetero) is 1. The van der Waals surface area contributed by atoms with Crippen LogP contribution < -0.4 is 10.1 Å². The number of carbonyl (C=O) groups excluding carboxylic acids is 3. The third-order valence-electron chi connectivity index (χ3n) is 4.03. The van der Waals surface area contributed by atoms with E-state index in [1.807, 2.05) is 0 Å². The first-order chi connectivity index (χ1) is 11.8. The molecule has 8 nitrogen and oxygen atoms in total. The lowest BCUT2D eigenvalue weighted by atomic mass is 9.93. The van der Waals surface area contributed by atoms with E-state index in [1.54, 1.807) is 31.4 Å². The summed E-state index contributed by atoms with van der Waals surface area (Å²) in [4.78, 5) is 49.0. The van der Waals surface area contributed by atoms with E-state index in [0.717, 1.165) is 5.56 Å². The highest BCUT2D eigenvalue weighted by Gasteiger charge is 2.41. The molecule has 25 heavy (non-hydrogen) atoms. The van der Waals surface area contributed by atoms with Crippen molar-refractivity contribution >= 4 is 23.6 Å². The number of hydrogen-bond donors (Lipinski definition) is 2. The minimum absolute atomic E-state index is 0.0570. The number of hydrogen-bond acceptors (Lipinski definition) is 5. The number of piperidine rings is 1. The van der Waals surface area contributed by atoms with Gasteiger partial charge in [0.1, 0.15) is 11.8 Å². The number of ketones is 1. The molecule has 1 aliphatic heterocycles. The monoisotopic (exact) mass is 348 g/mol. The largest absolute Gasteiger partial charge is 0.497 e. The van der Waals surface area contributed by atoms with E-state index >= 15 is 0 Å². The number of rotatable bonds is 6. The Kier molecular flexibility index (Phi) is 5.74. The third-order valence-corrected chi connectivity index (χ3v) is 4.03. The van der Waals surface area contributed by atoms with Crippen molar-refractivity contribution in [1.29, 1.82) is 0 Å². The summed E-state index contributed by atoms with van der Waals surface area (Å²) in [5.41, 5.74) is 0.835. The molecule has 1 aliphatic rings. The Morgan fingerprint density at radius 3 is 2.52 bits per heavy atom. The van der Waals surface area contributed by atoms with Crippen LogP contribution in [0.1, 0.15) is 18.9 Å². The number of carboxylic acids is 1. The molecule has 2 N–H and O–H groups in total. The molecule has 1 unspecified atom stereocenters. The number of carbonyl (C=O) groups is 4. The van der Waals surface area contributed by atoms with Crippen molar-refractivity contribution in [3.05, 3.63) is 29.8 Å². The van der Waals surface area contributed by atoms with E-state index in [0.29, 0.717) is 5.75 Å². The molecule has 2 rings (SSSR count). The van der Waals surface area contributed by atoms with Gasteiger partial charge in [-0.25, -0.2) is 0 Å². The van der Waals surface area contributed by atoms with Crippen LogP contribution in [0.15, 0.2) is 24.3 Å². The van der Waals surface area contributed by atoms with Gasteiger partial charge in [0.25, 0.3) is 0 Å². The van der Waals surface area contributed by atoms with Gasteiger partial charge in [-0.2, -0.15) is 0 Å². The lowest BCUT2D eigenvalue weighted by Crippen LogP contribution is -2.53. The van der Waals surface area contributed by atoms with Gasteiger partial charge in [0.05, 0.1) is 7.11 Å². The molecule has 1 heterocycles. The van der Waals surface area contributed by atoms with Crippen LogP contribution in [0.2, 0.25) is 0 Å². The molecule has 0 bridgehead atoms. The molecule has 8 heteroatoms. The maximum atomic E-state index is 12.5. The van der Waals surface area contributed by atoms with Crippen molar-refractivity contribution in [3.63, 3.8) is 0 Å². The maximum absolute atomic E-state index is 12.5. The highest BCUT2D eigenvalue weighted by Crippen LogP contribution is 2.19. The third kappa shape index (κ3) is 4.34. The summed E-state index contributed by atoms with van der Waals surface area (Å²) in [7, 11) is 1.55. The topological polar surface area (TPSA) is 113 Å². The van der Waals surface area contributed by atoms with Crippen molar-refractivity contribution in [2.75, 3.05) is 13.7 Å². The number of nitrogens with zero attached hydrogens (tertiary/aromatic N) is 1. The van der Waals surface area contributed by atoms with Crippen LogP contribution in [0.25, 0.3) is 0 Å². The van der Waals surface area contributed by atoms with Crippen molar-refractivity contribution in [2.24, 2.45) is 5.92 Å². The second-order valence-corrected chi connectivity index (χ2v) is 5.83. The van der Waals surface area contributed by atoms with Crippen LogP contribution >= 0.6 is 0 Å². The number of ether oxygens (including phenoxy) is 1. The summed E-state index contributed by atoms with van der Waals surface area (Å²) in [5.74, 6) is -4.02. The maximum Gasteiger partial charge on any atom is 0.325 e. The number of likely N-dealkylation sites (tertiary alicyclic amines) is 1. The van der Waals surface area contributed by atoms with E-state index in [1.165, 1.54) is 11.8 Å². The lowest BCUT2D eigenvalue weighted by Gasteiger charge is -2.31. The Balaban J connectivity index is 2.08. The van der Waals surface area contributed by atoms with E-state index in [4.69, 9.17) is 9.84 Å². The van der Waals surface area contributed by atoms with Crippen LogP contribution in [-0.2, 0) is 25.7 Å². The molecule has 134 valence electrons. The average Bonchev–Trinajstić information content (AvgIpc) is 2.58. The number of nitrogens with one attached hydrogen (secondary N) is 1. The van der Waals surface area contributed by atoms with Crippen LogP contribution in [-0.4, -0.2) is 53.3 Å². The van der Waals surface area contributed by atoms with Gasteiger partial charge < -0.3 is 20.1 Å². The summed E-state index contributed by atoms with van der Waals surface area (Å²) < 4.78 is 5.07. The summed E-state index contributed by atoms with van der Waals surface area (Å²) in [6, 6.07) is 5.93. The van der Waals surface area contributed by atoms with Gasteiger partial charge in [-0.1, -0.05) is 12.1 Å². The lowest BCUT2D eigenvalue weighted by molar-refractivity contribution is -0.153. The molecule has 1 aromatic carbocycles. The van der Waals surface area contributed by atoms with Crippen LogP contribution in [0.3, 0.4) is 0 Å². The molecule has 1 fully saturated rings. The molecule has 0 aliphatic carbocycles. The van der Waals surface area contributed by atoms with Crippen molar-refractivity contribution in [1.82, 2.24) is 10.2 Å². The quantitative estimate of drug-likeness (QED) is 0.710. The van der Waals surface area contributed by atoms with Gasteiger partial charge >= 0.3 is 5.97 Å². The zero-order chi connectivity index (χ0) is 18.6. The zero-order valence-corrected chi connectivity index (χ0v) is 14.0. The molecule has 0 spiro atoms. The Morgan fingerprint density at radius 2 is 1.96 bits per heavy atom. The number of carboxylic acid groups (broad SMARTS) is 1. The predicted octanol–water partition coefficient (Wildman–Crippen LogP) is 0.202. The first kappa shape index (κ1) is 18.4. The average molecular weight is 348 g/mol. The van der Waals surface area contributed by atoms with Crippen LogP contribution in [0.5, 0.6) is 5.75 Å². The van der Waals surface area contributed by atoms with Gasteiger partial charge in [-0.15, -0.1) is 0 Å². The number of amides is 2. The normalized spacial score (nSPS) is 18.6. The summed E-state index contributed by atoms with van der Waals surface area (Å²) >= 11 is 0. The van der Waals surface area contributed by atoms with E-state index in [-0.39, 0.29) is 19.5 Å². The second kappa shape index (κ2) is 7.78. The second-order valence-electron chi connectivity index (χ2n) is 5.83. The zero-order valence-electron chi connectivity index (χ0n) is 14.0. The van der Waals surface area contributed by atoms with Gasteiger partial charge in [0.2, 0.25) is 11.8 Å². The molecular formula is C17H20N2O6. The van der Waals surface area contributed by atoms with E-state index in [9.17, 15) is 19.2 Å². The van der Waals surface area contributed by atoms with Gasteiger partial charge in [-0.3, -0.25) is 19.2 Å². The highest BCUT2D eigenvalue weighted by molar-refractivity contribution is 6.19. The van der Waals surface area contributed by atoms with Crippen molar-refractivity contribution < 1.29 is 29.0 Å². The molecule has 0 saturated carbocycles. The Hall–Kier alpha value is -2.90. The first-order valence-corrected chi connectivity index (χ1v) is 7.81. The predicted molar refractivity (Wildman–Crippen MR) is 86.8 cm³/mol. The van der Waals surface area contributed by atoms with Gasteiger partial charge in [0.15, 0.2) is 11.7 Å². The minimum atomic E-state index is -1.49. The number of aliphatic carboxylic acids is 1. The van der Waals surface area contributed by atoms with E-state index in [2.05, 4.69) is 5.32 Å².